The molecule has 0 atom stereocenters. The summed E-state index contributed by atoms with van der Waals surface area (Å²) in [7, 11) is 0. The van der Waals surface area contributed by atoms with Crippen LogP contribution < -0.4 is 5.32 Å². The van der Waals surface area contributed by atoms with Crippen molar-refractivity contribution in [3.05, 3.63) is 64.7 Å². The Kier molecular flexibility index (Phi) is 6.15. The molecule has 0 radical (unpaired) electrons. The zero-order valence-electron chi connectivity index (χ0n) is 11.9. The first kappa shape index (κ1) is 15.9. The molecule has 0 heterocycles. The van der Waals surface area contributed by atoms with E-state index in [0.29, 0.717) is 13.0 Å². The number of carbonyl (C=O) groups is 1. The van der Waals surface area contributed by atoms with Gasteiger partial charge in [-0.1, -0.05) is 35.9 Å². The average molecular weight is 320 g/mol. The second-order valence-electron chi connectivity index (χ2n) is 4.76. The molecule has 0 aliphatic carbocycles. The zero-order valence-corrected chi connectivity index (χ0v) is 13.5. The fourth-order valence-electron chi connectivity index (χ4n) is 1.88. The van der Waals surface area contributed by atoms with Crippen LogP contribution in [0.5, 0.6) is 0 Å². The molecule has 2 rings (SSSR count). The highest BCUT2D eigenvalue weighted by Crippen LogP contribution is 2.20. The zero-order chi connectivity index (χ0) is 15.1. The summed E-state index contributed by atoms with van der Waals surface area (Å²) in [6.45, 7) is 2.65. The van der Waals surface area contributed by atoms with Gasteiger partial charge in [-0.3, -0.25) is 4.79 Å². The van der Waals surface area contributed by atoms with Crippen LogP contribution in [0.15, 0.2) is 53.4 Å². The van der Waals surface area contributed by atoms with E-state index in [9.17, 15) is 4.79 Å². The lowest BCUT2D eigenvalue weighted by atomic mass is 10.1. The number of hydrogen-bond acceptors (Lipinski definition) is 2. The predicted molar refractivity (Wildman–Crippen MR) is 89.8 cm³/mol. The van der Waals surface area contributed by atoms with Gasteiger partial charge in [-0.15, -0.1) is 11.8 Å². The van der Waals surface area contributed by atoms with E-state index in [2.05, 4.69) is 18.3 Å². The van der Waals surface area contributed by atoms with Crippen LogP contribution in [0.25, 0.3) is 0 Å². The monoisotopic (exact) mass is 319 g/mol. The lowest BCUT2D eigenvalue weighted by Crippen LogP contribution is -2.23. The van der Waals surface area contributed by atoms with Crippen molar-refractivity contribution in [3.8, 4) is 0 Å². The highest BCUT2D eigenvalue weighted by atomic mass is 35.5. The molecule has 2 nitrogen and oxygen atoms in total. The van der Waals surface area contributed by atoms with Crippen LogP contribution in [0.3, 0.4) is 0 Å². The first-order valence-electron chi connectivity index (χ1n) is 6.85. The van der Waals surface area contributed by atoms with Crippen molar-refractivity contribution >= 4 is 29.3 Å². The number of aryl methyl sites for hydroxylation is 1. The Morgan fingerprint density at radius 3 is 2.57 bits per heavy atom. The Morgan fingerprint density at radius 2 is 1.86 bits per heavy atom. The van der Waals surface area contributed by atoms with E-state index >= 15 is 0 Å². The number of rotatable bonds is 6. The molecule has 4 heteroatoms. The molecule has 21 heavy (non-hydrogen) atoms. The number of halogens is 1. The van der Waals surface area contributed by atoms with E-state index in [1.165, 1.54) is 5.56 Å². The number of benzene rings is 2. The summed E-state index contributed by atoms with van der Waals surface area (Å²) in [6, 6.07) is 15.8. The van der Waals surface area contributed by atoms with Crippen molar-refractivity contribution in [2.24, 2.45) is 0 Å². The van der Waals surface area contributed by atoms with Gasteiger partial charge in [-0.2, -0.15) is 0 Å². The fourth-order valence-corrected chi connectivity index (χ4v) is 2.86. The van der Waals surface area contributed by atoms with Gasteiger partial charge in [0, 0.05) is 28.6 Å². The summed E-state index contributed by atoms with van der Waals surface area (Å²) in [5, 5.41) is 3.69. The van der Waals surface area contributed by atoms with E-state index in [0.717, 1.165) is 21.2 Å². The van der Waals surface area contributed by atoms with Crippen LogP contribution in [0, 0.1) is 6.92 Å². The lowest BCUT2D eigenvalue weighted by molar-refractivity contribution is -0.120. The molecule has 0 saturated carbocycles. The third-order valence-electron chi connectivity index (χ3n) is 3.15. The summed E-state index contributed by atoms with van der Waals surface area (Å²) in [5.74, 6) is 0.848. The molecule has 0 spiro atoms. The van der Waals surface area contributed by atoms with E-state index in [1.54, 1.807) is 11.8 Å². The molecule has 1 amide bonds. The first-order chi connectivity index (χ1) is 10.1. The van der Waals surface area contributed by atoms with Gasteiger partial charge in [0.05, 0.1) is 0 Å². The van der Waals surface area contributed by atoms with Crippen molar-refractivity contribution in [3.63, 3.8) is 0 Å². The molecule has 2 aromatic carbocycles. The quantitative estimate of drug-likeness (QED) is 0.797. The molecule has 0 aliphatic heterocycles. The summed E-state index contributed by atoms with van der Waals surface area (Å²) in [4.78, 5) is 13.0. The van der Waals surface area contributed by atoms with E-state index in [1.807, 2.05) is 42.5 Å². The van der Waals surface area contributed by atoms with Gasteiger partial charge in [0.25, 0.3) is 0 Å². The summed E-state index contributed by atoms with van der Waals surface area (Å²) < 4.78 is 0. The second-order valence-corrected chi connectivity index (χ2v) is 6.36. The van der Waals surface area contributed by atoms with Gasteiger partial charge in [-0.25, -0.2) is 0 Å². The molecule has 2 aromatic rings. The Bertz CT molecular complexity index is 598. The fraction of sp³-hybridized carbons (Fsp3) is 0.235. The standard InChI is InChI=1S/C17H18ClNOS/c1-13-4-2-3-5-14(13)12-19-17(20)10-11-21-16-8-6-15(18)7-9-16/h2-9H,10-12H2,1H3,(H,19,20). The normalized spacial score (nSPS) is 10.4. The molecule has 0 bridgehead atoms. The molecule has 0 aliphatic rings. The van der Waals surface area contributed by atoms with Crippen LogP contribution in [0.2, 0.25) is 5.02 Å². The third-order valence-corrected chi connectivity index (χ3v) is 4.41. The summed E-state index contributed by atoms with van der Waals surface area (Å²) in [6.07, 6.45) is 0.513. The molecular weight excluding hydrogens is 302 g/mol. The summed E-state index contributed by atoms with van der Waals surface area (Å²) in [5.41, 5.74) is 2.37. The van der Waals surface area contributed by atoms with E-state index < -0.39 is 0 Å². The topological polar surface area (TPSA) is 29.1 Å². The maximum atomic E-state index is 11.8. The minimum absolute atomic E-state index is 0.0831. The highest BCUT2D eigenvalue weighted by molar-refractivity contribution is 7.99. The van der Waals surface area contributed by atoms with Gasteiger partial charge in [0.15, 0.2) is 0 Å². The van der Waals surface area contributed by atoms with Gasteiger partial charge in [0.2, 0.25) is 5.91 Å². The van der Waals surface area contributed by atoms with Gasteiger partial charge < -0.3 is 5.32 Å². The first-order valence-corrected chi connectivity index (χ1v) is 8.21. The molecule has 0 unspecified atom stereocenters. The van der Waals surface area contributed by atoms with Gasteiger partial charge in [-0.05, 0) is 42.3 Å². The SMILES string of the molecule is Cc1ccccc1CNC(=O)CCSc1ccc(Cl)cc1. The van der Waals surface area contributed by atoms with E-state index in [4.69, 9.17) is 11.6 Å². The molecule has 0 aromatic heterocycles. The van der Waals surface area contributed by atoms with Crippen molar-refractivity contribution in [2.75, 3.05) is 5.75 Å². The third kappa shape index (κ3) is 5.44. The van der Waals surface area contributed by atoms with E-state index in [-0.39, 0.29) is 5.91 Å². The van der Waals surface area contributed by atoms with Crippen molar-refractivity contribution < 1.29 is 4.79 Å². The molecule has 110 valence electrons. The Balaban J connectivity index is 1.70. The molecular formula is C17H18ClNOS. The average Bonchev–Trinajstić information content (AvgIpc) is 2.48. The Labute approximate surface area is 134 Å². The largest absolute Gasteiger partial charge is 0.352 e. The summed E-state index contributed by atoms with van der Waals surface area (Å²) >= 11 is 7.50. The molecule has 0 fully saturated rings. The number of thioether (sulfide) groups is 1. The maximum Gasteiger partial charge on any atom is 0.221 e. The van der Waals surface area contributed by atoms with Crippen LogP contribution in [-0.2, 0) is 11.3 Å². The molecule has 0 saturated heterocycles. The Morgan fingerprint density at radius 1 is 1.14 bits per heavy atom. The minimum atomic E-state index is 0.0831. The smallest absolute Gasteiger partial charge is 0.221 e. The Hall–Kier alpha value is -1.45. The predicted octanol–water partition coefficient (Wildman–Crippen LogP) is 4.45. The minimum Gasteiger partial charge on any atom is -0.352 e. The number of amides is 1. The number of hydrogen-bond donors (Lipinski definition) is 1. The maximum absolute atomic E-state index is 11.8. The van der Waals surface area contributed by atoms with Crippen LogP contribution in [-0.4, -0.2) is 11.7 Å². The van der Waals surface area contributed by atoms with Crippen molar-refractivity contribution in [2.45, 2.75) is 24.8 Å². The molecule has 1 N–H and O–H groups in total. The highest BCUT2D eigenvalue weighted by Gasteiger charge is 2.03. The van der Waals surface area contributed by atoms with Gasteiger partial charge in [0.1, 0.15) is 0 Å². The van der Waals surface area contributed by atoms with Gasteiger partial charge >= 0.3 is 0 Å². The lowest BCUT2D eigenvalue weighted by Gasteiger charge is -2.07. The second kappa shape index (κ2) is 8.11. The van der Waals surface area contributed by atoms with Crippen molar-refractivity contribution in [1.29, 1.82) is 0 Å². The number of carbonyl (C=O) groups excluding carboxylic acids is 1. The van der Waals surface area contributed by atoms with Crippen LogP contribution in [0.4, 0.5) is 0 Å². The van der Waals surface area contributed by atoms with Crippen molar-refractivity contribution in [1.82, 2.24) is 5.32 Å². The number of nitrogens with one attached hydrogen (secondary N) is 1. The van der Waals surface area contributed by atoms with Crippen LogP contribution >= 0.6 is 23.4 Å². The van der Waals surface area contributed by atoms with Crippen LogP contribution in [0.1, 0.15) is 17.5 Å².